The van der Waals surface area contributed by atoms with E-state index in [1.54, 1.807) is 36.4 Å². The molecule has 8 heteroatoms. The van der Waals surface area contributed by atoms with Gasteiger partial charge in [0.05, 0.1) is 11.1 Å². The highest BCUT2D eigenvalue weighted by molar-refractivity contribution is 5.89. The van der Waals surface area contributed by atoms with Gasteiger partial charge in [-0.05, 0) is 24.3 Å². The molecule has 0 saturated heterocycles. The summed E-state index contributed by atoms with van der Waals surface area (Å²) in [6.45, 7) is -1.19. The maximum absolute atomic E-state index is 11.8. The number of hydrogen-bond donors (Lipinski definition) is 4. The molecule has 0 heterocycles. The minimum Gasteiger partial charge on any atom is -0.459 e. The Labute approximate surface area is 161 Å². The lowest BCUT2D eigenvalue weighted by Gasteiger charge is -2.26. The van der Waals surface area contributed by atoms with Crippen molar-refractivity contribution in [2.75, 3.05) is 13.2 Å². The zero-order valence-electron chi connectivity index (χ0n) is 14.9. The molecule has 2 aromatic carbocycles. The highest BCUT2D eigenvalue weighted by atomic mass is 16.5. The Morgan fingerprint density at radius 2 is 0.964 bits per heavy atom. The molecule has 0 saturated carbocycles. The van der Waals surface area contributed by atoms with Gasteiger partial charge in [-0.3, -0.25) is 0 Å². The van der Waals surface area contributed by atoms with Crippen LogP contribution in [0.15, 0.2) is 60.7 Å². The van der Waals surface area contributed by atoms with Crippen molar-refractivity contribution in [3.63, 3.8) is 0 Å². The predicted molar refractivity (Wildman–Crippen MR) is 97.5 cm³/mol. The highest BCUT2D eigenvalue weighted by Gasteiger charge is 2.32. The Hall–Kier alpha value is -2.78. The molecule has 4 atom stereocenters. The lowest BCUT2D eigenvalue weighted by Crippen LogP contribution is -2.48. The monoisotopic (exact) mass is 390 g/mol. The third-order valence-electron chi connectivity index (χ3n) is 3.93. The third-order valence-corrected chi connectivity index (χ3v) is 3.93. The summed E-state index contributed by atoms with van der Waals surface area (Å²) in [4.78, 5) is 23.6. The molecule has 2 rings (SSSR count). The summed E-state index contributed by atoms with van der Waals surface area (Å²) in [5.41, 5.74) is 0.523. The van der Waals surface area contributed by atoms with E-state index < -0.39 is 49.6 Å². The van der Waals surface area contributed by atoms with Crippen molar-refractivity contribution in [2.24, 2.45) is 0 Å². The second kappa shape index (κ2) is 10.5. The van der Waals surface area contributed by atoms with E-state index in [1.165, 1.54) is 24.3 Å². The summed E-state index contributed by atoms with van der Waals surface area (Å²) >= 11 is 0. The number of hydrogen-bond acceptors (Lipinski definition) is 8. The second-order valence-electron chi connectivity index (χ2n) is 6.04. The number of aliphatic hydroxyl groups excluding tert-OH is 4. The number of benzene rings is 2. The first-order chi connectivity index (χ1) is 13.4. The molecule has 28 heavy (non-hydrogen) atoms. The summed E-state index contributed by atoms with van der Waals surface area (Å²) in [5.74, 6) is -1.42. The number of ether oxygens (including phenoxy) is 2. The Morgan fingerprint density at radius 3 is 1.29 bits per heavy atom. The van der Waals surface area contributed by atoms with Crippen LogP contribution in [0.1, 0.15) is 20.7 Å². The quantitative estimate of drug-likeness (QED) is 0.445. The van der Waals surface area contributed by atoms with Crippen molar-refractivity contribution in [3.05, 3.63) is 71.8 Å². The number of aliphatic hydroxyl groups is 4. The van der Waals surface area contributed by atoms with Crippen LogP contribution in [0, 0.1) is 0 Å². The maximum atomic E-state index is 11.8. The molecule has 8 nitrogen and oxygen atoms in total. The van der Waals surface area contributed by atoms with E-state index >= 15 is 0 Å². The van der Waals surface area contributed by atoms with Crippen LogP contribution in [-0.4, -0.2) is 70.0 Å². The van der Waals surface area contributed by atoms with Gasteiger partial charge in [0.25, 0.3) is 0 Å². The fourth-order valence-corrected chi connectivity index (χ4v) is 2.29. The van der Waals surface area contributed by atoms with Gasteiger partial charge in [-0.1, -0.05) is 36.4 Å². The van der Waals surface area contributed by atoms with E-state index in [0.717, 1.165) is 0 Å². The summed E-state index contributed by atoms with van der Waals surface area (Å²) in [6, 6.07) is 16.1. The maximum Gasteiger partial charge on any atom is 0.338 e. The van der Waals surface area contributed by atoms with Crippen molar-refractivity contribution in [1.82, 2.24) is 0 Å². The fourth-order valence-electron chi connectivity index (χ4n) is 2.29. The molecular weight excluding hydrogens is 368 g/mol. The normalized spacial score (nSPS) is 15.1. The topological polar surface area (TPSA) is 134 Å². The van der Waals surface area contributed by atoms with Gasteiger partial charge in [-0.2, -0.15) is 0 Å². The summed E-state index contributed by atoms with van der Waals surface area (Å²) < 4.78 is 9.74. The Bertz CT molecular complexity index is 684. The van der Waals surface area contributed by atoms with E-state index in [0.29, 0.717) is 0 Å². The van der Waals surface area contributed by atoms with Crippen LogP contribution in [-0.2, 0) is 9.47 Å². The first-order valence-corrected chi connectivity index (χ1v) is 8.56. The van der Waals surface area contributed by atoms with E-state index in [9.17, 15) is 30.0 Å². The zero-order valence-corrected chi connectivity index (χ0v) is 14.9. The van der Waals surface area contributed by atoms with Crippen LogP contribution in [0.2, 0.25) is 0 Å². The average molecular weight is 390 g/mol. The van der Waals surface area contributed by atoms with Gasteiger partial charge in [-0.15, -0.1) is 0 Å². The molecule has 0 spiro atoms. The van der Waals surface area contributed by atoms with Crippen LogP contribution < -0.4 is 0 Å². The molecule has 0 fully saturated rings. The standard InChI is InChI=1S/C20H22O8/c21-15(11-27-19(25)13-7-3-1-4-8-13)17(23)18(24)16(22)12-28-20(26)14-9-5-2-6-10-14/h1-10,15-18,21-24H,11-12H2/t15-,16+,17-,18-/m1/s1. The zero-order chi connectivity index (χ0) is 20.5. The summed E-state index contributed by atoms with van der Waals surface area (Å²) in [7, 11) is 0. The molecule has 0 aliphatic rings. The molecule has 0 radical (unpaired) electrons. The van der Waals surface area contributed by atoms with Gasteiger partial charge in [0, 0.05) is 0 Å². The lowest BCUT2D eigenvalue weighted by atomic mass is 10.0. The van der Waals surface area contributed by atoms with Crippen molar-refractivity contribution in [2.45, 2.75) is 24.4 Å². The van der Waals surface area contributed by atoms with E-state index in [4.69, 9.17) is 9.47 Å². The van der Waals surface area contributed by atoms with Gasteiger partial charge >= 0.3 is 11.9 Å². The van der Waals surface area contributed by atoms with Crippen LogP contribution in [0.25, 0.3) is 0 Å². The van der Waals surface area contributed by atoms with Gasteiger partial charge in [0.15, 0.2) is 0 Å². The van der Waals surface area contributed by atoms with Gasteiger partial charge in [-0.25, -0.2) is 9.59 Å². The van der Waals surface area contributed by atoms with E-state index in [-0.39, 0.29) is 11.1 Å². The average Bonchev–Trinajstić information content (AvgIpc) is 2.75. The van der Waals surface area contributed by atoms with Crippen LogP contribution in [0.5, 0.6) is 0 Å². The molecule has 2 aromatic rings. The predicted octanol–water partition coefficient (Wildman–Crippen LogP) is 0.144. The van der Waals surface area contributed by atoms with Crippen LogP contribution >= 0.6 is 0 Å². The van der Waals surface area contributed by atoms with Crippen molar-refractivity contribution in [1.29, 1.82) is 0 Å². The molecule has 0 amide bonds. The van der Waals surface area contributed by atoms with Crippen LogP contribution in [0.3, 0.4) is 0 Å². The molecule has 150 valence electrons. The molecule has 4 N–H and O–H groups in total. The fraction of sp³-hybridized carbons (Fsp3) is 0.300. The minimum atomic E-state index is -1.82. The van der Waals surface area contributed by atoms with E-state index in [2.05, 4.69) is 0 Å². The minimum absolute atomic E-state index is 0.262. The molecule has 0 unspecified atom stereocenters. The largest absolute Gasteiger partial charge is 0.459 e. The number of esters is 2. The summed E-state index contributed by atoms with van der Waals surface area (Å²) in [5, 5.41) is 39.6. The summed E-state index contributed by atoms with van der Waals surface area (Å²) in [6.07, 6.45) is -6.95. The van der Waals surface area contributed by atoms with E-state index in [1.807, 2.05) is 0 Å². The first kappa shape index (κ1) is 21.5. The van der Waals surface area contributed by atoms with Crippen molar-refractivity contribution < 1.29 is 39.5 Å². The molecule has 0 aliphatic carbocycles. The molecular formula is C20H22O8. The van der Waals surface area contributed by atoms with Crippen LogP contribution in [0.4, 0.5) is 0 Å². The SMILES string of the molecule is O=C(OC[C@@H](O)[C@@H](O)[C@H](O)[C@@H](O)COC(=O)c1ccccc1)c1ccccc1. The number of carbonyl (C=O) groups excluding carboxylic acids is 2. The smallest absolute Gasteiger partial charge is 0.338 e. The highest BCUT2D eigenvalue weighted by Crippen LogP contribution is 2.09. The first-order valence-electron chi connectivity index (χ1n) is 8.56. The Kier molecular flexibility index (Phi) is 8.09. The number of carbonyl (C=O) groups is 2. The lowest BCUT2D eigenvalue weighted by molar-refractivity contribution is -0.125. The molecule has 0 aliphatic heterocycles. The molecule has 0 aromatic heterocycles. The Balaban J connectivity index is 1.79. The van der Waals surface area contributed by atoms with Gasteiger partial charge in [0.1, 0.15) is 37.6 Å². The molecule has 0 bridgehead atoms. The second-order valence-corrected chi connectivity index (χ2v) is 6.04. The van der Waals surface area contributed by atoms with Gasteiger partial charge < -0.3 is 29.9 Å². The third kappa shape index (κ3) is 6.14. The Morgan fingerprint density at radius 1 is 0.643 bits per heavy atom. The van der Waals surface area contributed by atoms with Gasteiger partial charge in [0.2, 0.25) is 0 Å². The van der Waals surface area contributed by atoms with Crippen molar-refractivity contribution >= 4 is 11.9 Å². The number of rotatable bonds is 9. The van der Waals surface area contributed by atoms with Crippen molar-refractivity contribution in [3.8, 4) is 0 Å².